The average molecular weight is 266 g/mol. The number of likely N-dealkylation sites (tertiary alicyclic amines) is 1. The Morgan fingerprint density at radius 2 is 1.32 bits per heavy atom. The number of nitrogens with zero attached hydrogens (tertiary/aromatic N) is 2. The van der Waals surface area contributed by atoms with Gasteiger partial charge in [-0.05, 0) is 39.0 Å². The van der Waals surface area contributed by atoms with Crippen LogP contribution in [0.3, 0.4) is 0 Å². The lowest BCUT2D eigenvalue weighted by Gasteiger charge is -2.41. The normalized spacial score (nSPS) is 17.5. The smallest absolute Gasteiger partial charge is 0.0786 e. The second-order valence-electron chi connectivity index (χ2n) is 6.01. The predicted octanol–water partition coefficient (Wildman–Crippen LogP) is 4.85. The van der Waals surface area contributed by atoms with Crippen LogP contribution in [0.4, 0.5) is 0 Å². The maximum Gasteiger partial charge on any atom is 0.0786 e. The van der Waals surface area contributed by atoms with Crippen LogP contribution in [-0.2, 0) is 0 Å². The number of hydrogen-bond donors (Lipinski definition) is 0. The summed E-state index contributed by atoms with van der Waals surface area (Å²) in [7, 11) is 0. The molecule has 0 aromatic carbocycles. The summed E-state index contributed by atoms with van der Waals surface area (Å²) in [6, 6.07) is 0. The van der Waals surface area contributed by atoms with Crippen LogP contribution >= 0.6 is 0 Å². The highest BCUT2D eigenvalue weighted by Crippen LogP contribution is 2.20. The van der Waals surface area contributed by atoms with Gasteiger partial charge in [-0.2, -0.15) is 0 Å². The van der Waals surface area contributed by atoms with Gasteiger partial charge in [0.1, 0.15) is 0 Å². The van der Waals surface area contributed by atoms with Crippen LogP contribution in [0.2, 0.25) is 0 Å². The Balaban J connectivity index is 0.00000154. The van der Waals surface area contributed by atoms with Crippen molar-refractivity contribution in [2.45, 2.75) is 78.1 Å². The molecule has 1 rings (SSSR count). The second kappa shape index (κ2) is 12.5. The lowest BCUT2D eigenvalue weighted by atomic mass is 10.0. The molecule has 0 spiro atoms. The molecule has 0 unspecified atom stereocenters. The molecule has 19 heavy (non-hydrogen) atoms. The fourth-order valence-electron chi connectivity index (χ4n) is 3.29. The van der Waals surface area contributed by atoms with Crippen LogP contribution in [-0.4, -0.2) is 30.7 Å². The quantitative estimate of drug-likeness (QED) is 0.332. The zero-order valence-electron chi connectivity index (χ0n) is 13.3. The van der Waals surface area contributed by atoms with Crippen LogP contribution in [0, 0.1) is 11.8 Å². The Morgan fingerprint density at radius 3 is 1.84 bits per heavy atom. The Bertz CT molecular complexity index is 205. The van der Waals surface area contributed by atoms with Gasteiger partial charge >= 0.3 is 0 Å². The van der Waals surface area contributed by atoms with Gasteiger partial charge in [0.05, 0.1) is 26.2 Å². The molecule has 0 aliphatic carbocycles. The highest BCUT2D eigenvalue weighted by molar-refractivity contribution is 4.54. The summed E-state index contributed by atoms with van der Waals surface area (Å²) >= 11 is 0. The van der Waals surface area contributed by atoms with Crippen molar-refractivity contribution in [2.75, 3.05) is 26.2 Å². The molecule has 0 aromatic rings. The van der Waals surface area contributed by atoms with Crippen molar-refractivity contribution in [3.8, 4) is 0 Å². The van der Waals surface area contributed by atoms with Crippen LogP contribution in [0.15, 0.2) is 0 Å². The highest BCUT2D eigenvalue weighted by atomic mass is 15.3. The number of unbranched alkanes of at least 4 members (excludes halogenated alkanes) is 6. The first-order chi connectivity index (χ1) is 9.33. The van der Waals surface area contributed by atoms with E-state index >= 15 is 0 Å². The van der Waals surface area contributed by atoms with E-state index in [2.05, 4.69) is 13.8 Å². The molecular weight excluding hydrogens is 232 g/mol. The molecule has 0 N–H and O–H groups in total. The molecule has 0 saturated carbocycles. The summed E-state index contributed by atoms with van der Waals surface area (Å²) in [4.78, 5) is 0. The lowest BCUT2D eigenvalue weighted by molar-refractivity contribution is -0.931. The third-order valence-electron chi connectivity index (χ3n) is 4.67. The number of hydrogen-bond acceptors (Lipinski definition) is 1. The van der Waals surface area contributed by atoms with Gasteiger partial charge in [0, 0.05) is 0 Å². The third kappa shape index (κ3) is 8.26. The number of piperidine rings is 1. The molecule has 0 bridgehead atoms. The zero-order chi connectivity index (χ0) is 14.4. The molecule has 1 saturated heterocycles. The molecular formula is C17H34N2. The summed E-state index contributed by atoms with van der Waals surface area (Å²) in [6.07, 6.45) is 14.6. The fraction of sp³-hybridized carbons (Fsp3) is 0.941. The zero-order valence-corrected chi connectivity index (χ0v) is 13.3. The van der Waals surface area contributed by atoms with Gasteiger partial charge in [-0.15, -0.1) is 0 Å². The maximum absolute atomic E-state index is 6.25. The van der Waals surface area contributed by atoms with Gasteiger partial charge in [0.15, 0.2) is 0 Å². The minimum Gasteiger partial charge on any atom is -0.512 e. The molecule has 2 heteroatoms. The van der Waals surface area contributed by atoms with Gasteiger partial charge in [-0.25, -0.2) is 0 Å². The molecule has 0 radical (unpaired) electrons. The number of quaternary nitrogens is 1. The van der Waals surface area contributed by atoms with Crippen molar-refractivity contribution in [3.63, 3.8) is 0 Å². The van der Waals surface area contributed by atoms with Crippen molar-refractivity contribution in [1.29, 1.82) is 5.26 Å². The van der Waals surface area contributed by atoms with Gasteiger partial charge in [-0.1, -0.05) is 39.0 Å². The van der Waals surface area contributed by atoms with Crippen LogP contribution < -0.4 is 0 Å². The van der Waals surface area contributed by atoms with Crippen LogP contribution in [0.25, 0.3) is 0 Å². The first kappa shape index (κ1) is 18.4. The van der Waals surface area contributed by atoms with E-state index in [-0.39, 0.29) is 0 Å². The summed E-state index contributed by atoms with van der Waals surface area (Å²) in [6.45, 7) is 15.2. The molecule has 0 aromatic heterocycles. The Labute approximate surface area is 121 Å². The standard InChI is InChI=1S/C16H34N.CN/c1-3-5-6-7-8-9-11-14-17(4-2)15-12-10-13-16-17;1-2/h3-16H2,1-2H3;/q+1;-1. The van der Waals surface area contributed by atoms with Crippen molar-refractivity contribution in [2.24, 2.45) is 0 Å². The molecule has 1 aliphatic rings. The Morgan fingerprint density at radius 1 is 0.789 bits per heavy atom. The Kier molecular flexibility index (Phi) is 12.1. The van der Waals surface area contributed by atoms with Gasteiger partial charge in [0.2, 0.25) is 0 Å². The third-order valence-corrected chi connectivity index (χ3v) is 4.67. The van der Waals surface area contributed by atoms with Gasteiger partial charge in [-0.3, -0.25) is 0 Å². The predicted molar refractivity (Wildman–Crippen MR) is 82.2 cm³/mol. The molecule has 2 nitrogen and oxygen atoms in total. The minimum atomic E-state index is 1.37. The second-order valence-corrected chi connectivity index (χ2v) is 6.01. The van der Waals surface area contributed by atoms with Crippen molar-refractivity contribution >= 4 is 0 Å². The van der Waals surface area contributed by atoms with E-state index in [0.717, 1.165) is 0 Å². The SMILES string of the molecule is CCCCCCCCC[N+]1(CC)CCCCC1.[C-]#N. The summed E-state index contributed by atoms with van der Waals surface area (Å²) in [5.74, 6) is 0. The van der Waals surface area contributed by atoms with Gasteiger partial charge < -0.3 is 16.3 Å². The largest absolute Gasteiger partial charge is 0.512 e. The van der Waals surface area contributed by atoms with Crippen LogP contribution in [0.5, 0.6) is 0 Å². The first-order valence-corrected chi connectivity index (χ1v) is 8.40. The topological polar surface area (TPSA) is 23.8 Å². The lowest BCUT2D eigenvalue weighted by Crippen LogP contribution is -2.51. The molecule has 1 fully saturated rings. The minimum absolute atomic E-state index is 1.37. The summed E-state index contributed by atoms with van der Waals surface area (Å²) in [5, 5.41) is 6.25. The van der Waals surface area contributed by atoms with E-state index in [1.807, 2.05) is 0 Å². The maximum atomic E-state index is 6.25. The van der Waals surface area contributed by atoms with E-state index in [1.165, 1.54) is 94.9 Å². The van der Waals surface area contributed by atoms with E-state index < -0.39 is 0 Å². The summed E-state index contributed by atoms with van der Waals surface area (Å²) < 4.78 is 1.44. The van der Waals surface area contributed by atoms with Crippen molar-refractivity contribution < 1.29 is 4.48 Å². The first-order valence-electron chi connectivity index (χ1n) is 8.40. The molecule has 112 valence electrons. The van der Waals surface area contributed by atoms with E-state index in [1.54, 1.807) is 0 Å². The van der Waals surface area contributed by atoms with E-state index in [0.29, 0.717) is 0 Å². The summed E-state index contributed by atoms with van der Waals surface area (Å²) in [5.41, 5.74) is 0. The molecule has 0 atom stereocenters. The average Bonchev–Trinajstić information content (AvgIpc) is 2.49. The van der Waals surface area contributed by atoms with Gasteiger partial charge in [0.25, 0.3) is 0 Å². The van der Waals surface area contributed by atoms with Crippen molar-refractivity contribution in [1.82, 2.24) is 0 Å². The van der Waals surface area contributed by atoms with Crippen LogP contribution in [0.1, 0.15) is 78.1 Å². The molecule has 1 aliphatic heterocycles. The highest BCUT2D eigenvalue weighted by Gasteiger charge is 2.26. The molecule has 1 heterocycles. The monoisotopic (exact) mass is 266 g/mol. The Hall–Kier alpha value is -0.550. The van der Waals surface area contributed by atoms with E-state index in [4.69, 9.17) is 11.8 Å². The fourth-order valence-corrected chi connectivity index (χ4v) is 3.29. The number of rotatable bonds is 9. The molecule has 0 amide bonds. The van der Waals surface area contributed by atoms with E-state index in [9.17, 15) is 0 Å². The van der Waals surface area contributed by atoms with Crippen molar-refractivity contribution in [3.05, 3.63) is 6.57 Å².